The Balaban J connectivity index is 2.31. The van der Waals surface area contributed by atoms with Crippen LogP contribution >= 0.6 is 0 Å². The fraction of sp³-hybridized carbons (Fsp3) is 0.348. The second-order valence-electron chi connectivity index (χ2n) is 8.22. The van der Waals surface area contributed by atoms with Crippen molar-refractivity contribution in [2.45, 2.75) is 48.3 Å². The summed E-state index contributed by atoms with van der Waals surface area (Å²) in [5.41, 5.74) is 0.140. The zero-order valence-corrected chi connectivity index (χ0v) is 20.1. The molecule has 0 aliphatic heterocycles. The topological polar surface area (TPSA) is 35.5 Å². The van der Waals surface area contributed by atoms with Crippen LogP contribution in [0.5, 0.6) is 5.75 Å². The van der Waals surface area contributed by atoms with Gasteiger partial charge in [0, 0.05) is 0 Å². The van der Waals surface area contributed by atoms with Gasteiger partial charge in [0.05, 0.1) is 5.56 Å². The number of ether oxygens (including phenoxy) is 2. The molecule has 43 heavy (non-hydrogen) atoms. The molecule has 20 heteroatoms. The van der Waals surface area contributed by atoms with Crippen LogP contribution in [0, 0.1) is 0 Å². The van der Waals surface area contributed by atoms with Crippen LogP contribution in [-0.4, -0.2) is 47.7 Å². The molecule has 0 unspecified atom stereocenters. The van der Waals surface area contributed by atoms with Crippen molar-refractivity contribution >= 4 is 5.97 Å². The first-order chi connectivity index (χ1) is 19.3. The van der Waals surface area contributed by atoms with Gasteiger partial charge >= 0.3 is 53.7 Å². The van der Waals surface area contributed by atoms with Crippen molar-refractivity contribution in [2.24, 2.45) is 0 Å². The van der Waals surface area contributed by atoms with E-state index in [1.54, 1.807) is 6.07 Å². The predicted octanol–water partition coefficient (Wildman–Crippen LogP) is 8.90. The average Bonchev–Trinajstić information content (AvgIpc) is 2.91. The highest BCUT2D eigenvalue weighted by Crippen LogP contribution is 2.63. The first-order valence-corrected chi connectivity index (χ1v) is 10.7. The maximum atomic E-state index is 13.9. The highest BCUT2D eigenvalue weighted by atomic mass is 19.4. The maximum absolute atomic E-state index is 13.9. The molecule has 0 fully saturated rings. The summed E-state index contributed by atoms with van der Waals surface area (Å²) in [4.78, 5) is 11.9. The van der Waals surface area contributed by atoms with Gasteiger partial charge in [-0.1, -0.05) is 30.3 Å². The Morgan fingerprint density at radius 2 is 1.02 bits per heavy atom. The molecule has 2 aromatic rings. The van der Waals surface area contributed by atoms with Gasteiger partial charge in [0.15, 0.2) is 0 Å². The molecule has 0 aliphatic rings. The van der Waals surface area contributed by atoms with Crippen LogP contribution in [0.25, 0.3) is 0 Å². The number of rotatable bonds is 11. The highest BCUT2D eigenvalue weighted by molar-refractivity contribution is 5.89. The summed E-state index contributed by atoms with van der Waals surface area (Å²) in [5.74, 6) is -56.4. The molecule has 240 valence electrons. The smallest absolute Gasteiger partial charge is 0.457 e. The highest BCUT2D eigenvalue weighted by Gasteiger charge is 2.93. The molecule has 0 spiro atoms. The average molecular weight is 658 g/mol. The lowest BCUT2D eigenvalue weighted by Gasteiger charge is -2.41. The fourth-order valence-electron chi connectivity index (χ4n) is 2.84. The third-order valence-corrected chi connectivity index (χ3v) is 5.29. The molecule has 0 aliphatic carbocycles. The third-order valence-electron chi connectivity index (χ3n) is 5.29. The summed E-state index contributed by atoms with van der Waals surface area (Å²) >= 11 is 0. The van der Waals surface area contributed by atoms with E-state index in [4.69, 9.17) is 4.74 Å². The molecule has 0 aromatic heterocycles. The van der Waals surface area contributed by atoms with Gasteiger partial charge < -0.3 is 9.47 Å². The molecule has 0 saturated carbocycles. The third kappa shape index (κ3) is 6.04. The van der Waals surface area contributed by atoms with E-state index >= 15 is 0 Å². The normalized spacial score (nSPS) is 14.7. The molecule has 0 amide bonds. The Labute approximate surface area is 227 Å². The van der Waals surface area contributed by atoms with Gasteiger partial charge in [0.1, 0.15) is 12.4 Å². The van der Waals surface area contributed by atoms with Gasteiger partial charge in [-0.3, -0.25) is 0 Å². The van der Waals surface area contributed by atoms with Crippen molar-refractivity contribution < 1.29 is 88.9 Å². The maximum Gasteiger partial charge on any atom is 0.460 e. The van der Waals surface area contributed by atoms with Crippen molar-refractivity contribution in [1.29, 1.82) is 0 Å². The number of carbonyl (C=O) groups excluding carboxylic acids is 1. The van der Waals surface area contributed by atoms with Gasteiger partial charge in [0.2, 0.25) is 5.83 Å². The summed E-state index contributed by atoms with van der Waals surface area (Å²) in [6, 6.07) is 6.53. The quantitative estimate of drug-likeness (QED) is 0.138. The van der Waals surface area contributed by atoms with Crippen LogP contribution in [0.2, 0.25) is 0 Å². The van der Waals surface area contributed by atoms with Crippen LogP contribution in [-0.2, 0) is 11.3 Å². The number of carbonyl (C=O) groups is 1. The van der Waals surface area contributed by atoms with E-state index in [0.29, 0.717) is 12.1 Å². The van der Waals surface area contributed by atoms with E-state index in [1.165, 1.54) is 24.3 Å². The minimum absolute atomic E-state index is 0.0387. The van der Waals surface area contributed by atoms with Crippen LogP contribution in [0.15, 0.2) is 66.4 Å². The number of alkyl halides is 15. The second kappa shape index (κ2) is 11.4. The zero-order chi connectivity index (χ0) is 33.4. The number of allylic oxidation sites excluding steroid dienone is 1. The summed E-state index contributed by atoms with van der Waals surface area (Å²) < 4.78 is 234. The van der Waals surface area contributed by atoms with Crippen molar-refractivity contribution in [3.05, 3.63) is 77.6 Å². The molecule has 0 bridgehead atoms. The van der Waals surface area contributed by atoms with Crippen molar-refractivity contribution in [2.75, 3.05) is 0 Å². The minimum atomic E-state index is -8.66. The Morgan fingerprint density at radius 1 is 0.581 bits per heavy atom. The lowest BCUT2D eigenvalue weighted by molar-refractivity contribution is -0.451. The number of hydrogen-bond acceptors (Lipinski definition) is 3. The standard InChI is InChI=1S/C23H11F17O3/c24-14(15(25)43-13-8-6-11(7-9-13)10-42-16(41)12-4-2-1-3-5-12)17(26,27)18(28,29)19(30,31)20(32,33)21(34,35)22(36,37)23(38,39)40/h1-9H,10H2. The zero-order valence-electron chi connectivity index (χ0n) is 20.1. The summed E-state index contributed by atoms with van der Waals surface area (Å²) in [5, 5.41) is 0. The van der Waals surface area contributed by atoms with E-state index in [1.807, 2.05) is 0 Å². The molecular formula is C23H11F17O3. The molecule has 2 rings (SSSR count). The molecular weight excluding hydrogens is 647 g/mol. The SMILES string of the molecule is O=C(OCc1ccc(OC(F)=C(F)C(F)(F)C(F)(F)C(F)(F)C(F)(F)C(F)(F)C(F)(F)C(F)(F)F)cc1)c1ccccc1. The van der Waals surface area contributed by atoms with E-state index in [0.717, 1.165) is 12.1 Å². The molecule has 3 nitrogen and oxygen atoms in total. The van der Waals surface area contributed by atoms with Crippen molar-refractivity contribution in [3.63, 3.8) is 0 Å². The Morgan fingerprint density at radius 3 is 1.49 bits per heavy atom. The number of benzene rings is 2. The van der Waals surface area contributed by atoms with Gasteiger partial charge in [-0.2, -0.15) is 74.6 Å². The van der Waals surface area contributed by atoms with Crippen molar-refractivity contribution in [1.82, 2.24) is 0 Å². The predicted molar refractivity (Wildman–Crippen MR) is 108 cm³/mol. The second-order valence-corrected chi connectivity index (χ2v) is 8.22. The lowest BCUT2D eigenvalue weighted by Crippen LogP contribution is -2.72. The number of halogens is 17. The molecule has 0 heterocycles. The van der Waals surface area contributed by atoms with Crippen LogP contribution in [0.3, 0.4) is 0 Å². The van der Waals surface area contributed by atoms with E-state index < -0.39 is 71.9 Å². The summed E-state index contributed by atoms with van der Waals surface area (Å²) in [6.45, 7) is -0.508. The Kier molecular flexibility index (Phi) is 9.40. The largest absolute Gasteiger partial charge is 0.460 e. The van der Waals surface area contributed by atoms with Crippen LogP contribution in [0.4, 0.5) is 74.6 Å². The lowest BCUT2D eigenvalue weighted by atomic mass is 9.91. The van der Waals surface area contributed by atoms with E-state index in [9.17, 15) is 79.4 Å². The molecule has 0 N–H and O–H groups in total. The molecule has 2 aromatic carbocycles. The van der Waals surface area contributed by atoms with Crippen molar-refractivity contribution in [3.8, 4) is 5.75 Å². The first-order valence-electron chi connectivity index (χ1n) is 10.7. The van der Waals surface area contributed by atoms with E-state index in [2.05, 4.69) is 4.74 Å². The minimum Gasteiger partial charge on any atom is -0.457 e. The Bertz CT molecular complexity index is 1320. The fourth-order valence-corrected chi connectivity index (χ4v) is 2.84. The van der Waals surface area contributed by atoms with Gasteiger partial charge in [-0.25, -0.2) is 4.79 Å². The van der Waals surface area contributed by atoms with Crippen LogP contribution in [0.1, 0.15) is 15.9 Å². The summed E-state index contributed by atoms with van der Waals surface area (Å²) in [7, 11) is 0. The van der Waals surface area contributed by atoms with Gasteiger partial charge in [-0.15, -0.1) is 0 Å². The van der Waals surface area contributed by atoms with Gasteiger partial charge in [0.25, 0.3) is 0 Å². The monoisotopic (exact) mass is 658 g/mol. The molecule has 0 radical (unpaired) electrons. The van der Waals surface area contributed by atoms with E-state index in [-0.39, 0.29) is 11.1 Å². The first kappa shape index (κ1) is 35.5. The van der Waals surface area contributed by atoms with Gasteiger partial charge in [-0.05, 0) is 29.8 Å². The van der Waals surface area contributed by atoms with Crippen LogP contribution < -0.4 is 4.74 Å². The summed E-state index contributed by atoms with van der Waals surface area (Å²) in [6.07, 6.45) is -7.81. The Hall–Kier alpha value is -3.74. The molecule has 0 saturated heterocycles. The molecule has 0 atom stereocenters. The number of esters is 1. The number of hydrogen-bond donors (Lipinski definition) is 0.